The Morgan fingerprint density at radius 1 is 1.15 bits per heavy atom. The fourth-order valence-electron chi connectivity index (χ4n) is 4.11. The largest absolute Gasteiger partial charge is 0.351 e. The zero-order valence-electron chi connectivity index (χ0n) is 15.6. The van der Waals surface area contributed by atoms with E-state index in [0.29, 0.717) is 19.4 Å². The van der Waals surface area contributed by atoms with Crippen LogP contribution in [0.3, 0.4) is 0 Å². The Bertz CT molecular complexity index is 638. The van der Waals surface area contributed by atoms with Gasteiger partial charge in [0.05, 0.1) is 0 Å². The normalized spacial score (nSPS) is 25.0. The maximum Gasteiger partial charge on any atom is 0.245 e. The number of amides is 2. The topological polar surface area (TPSA) is 49.4 Å². The van der Waals surface area contributed by atoms with E-state index in [9.17, 15) is 14.0 Å². The Morgan fingerprint density at radius 3 is 2.42 bits per heavy atom. The predicted molar refractivity (Wildman–Crippen MR) is 98.8 cm³/mol. The van der Waals surface area contributed by atoms with Gasteiger partial charge in [-0.25, -0.2) is 4.39 Å². The van der Waals surface area contributed by atoms with Gasteiger partial charge >= 0.3 is 0 Å². The van der Waals surface area contributed by atoms with E-state index in [0.717, 1.165) is 31.2 Å². The zero-order chi connectivity index (χ0) is 18.6. The Morgan fingerprint density at radius 2 is 1.77 bits per heavy atom. The van der Waals surface area contributed by atoms with Crippen molar-refractivity contribution in [3.8, 4) is 0 Å². The first-order chi connectivity index (χ1) is 12.5. The summed E-state index contributed by atoms with van der Waals surface area (Å²) in [6, 6.07) is 6.34. The maximum atomic E-state index is 13.1. The van der Waals surface area contributed by atoms with Gasteiger partial charge in [0.2, 0.25) is 11.8 Å². The van der Waals surface area contributed by atoms with Crippen LogP contribution in [0, 0.1) is 5.82 Å². The van der Waals surface area contributed by atoms with Crippen LogP contribution in [0.1, 0.15) is 70.3 Å². The third-order valence-corrected chi connectivity index (χ3v) is 5.91. The van der Waals surface area contributed by atoms with E-state index in [4.69, 9.17) is 0 Å². The summed E-state index contributed by atoms with van der Waals surface area (Å²) in [5.74, 6) is -0.355. The Balaban J connectivity index is 1.69. The highest BCUT2D eigenvalue weighted by atomic mass is 19.1. The summed E-state index contributed by atoms with van der Waals surface area (Å²) in [5.41, 5.74) is 0.0139. The lowest BCUT2D eigenvalue weighted by molar-refractivity contribution is -0.141. The van der Waals surface area contributed by atoms with Gasteiger partial charge in [-0.15, -0.1) is 0 Å². The van der Waals surface area contributed by atoms with Crippen molar-refractivity contribution in [3.63, 3.8) is 0 Å². The van der Waals surface area contributed by atoms with E-state index in [1.165, 1.54) is 31.4 Å². The minimum atomic E-state index is -0.826. The molecule has 1 saturated heterocycles. The number of carbonyl (C=O) groups is 2. The molecule has 0 radical (unpaired) electrons. The van der Waals surface area contributed by atoms with Crippen molar-refractivity contribution >= 4 is 11.8 Å². The Labute approximate surface area is 155 Å². The SMILES string of the molecule is C[C@]1(C(=O)NC2CCCCCCC2)CCC(=O)N1Cc1ccc(F)cc1. The molecule has 1 aliphatic heterocycles. The van der Waals surface area contributed by atoms with E-state index in [2.05, 4.69) is 5.32 Å². The average molecular weight is 360 g/mol. The van der Waals surface area contributed by atoms with Gasteiger partial charge in [-0.3, -0.25) is 9.59 Å². The van der Waals surface area contributed by atoms with E-state index in [-0.39, 0.29) is 23.7 Å². The molecule has 3 rings (SSSR count). The molecule has 1 aliphatic carbocycles. The van der Waals surface area contributed by atoms with Gasteiger partial charge < -0.3 is 10.2 Å². The maximum absolute atomic E-state index is 13.1. The quantitative estimate of drug-likeness (QED) is 0.884. The Kier molecular flexibility index (Phi) is 5.94. The predicted octanol–water partition coefficient (Wildman–Crippen LogP) is 3.94. The van der Waals surface area contributed by atoms with Crippen molar-refractivity contribution in [2.45, 2.75) is 82.8 Å². The molecule has 0 bridgehead atoms. The number of hydrogen-bond donors (Lipinski definition) is 1. The van der Waals surface area contributed by atoms with Gasteiger partial charge in [-0.2, -0.15) is 0 Å². The zero-order valence-corrected chi connectivity index (χ0v) is 15.6. The minimum absolute atomic E-state index is 0.00959. The fourth-order valence-corrected chi connectivity index (χ4v) is 4.11. The number of nitrogens with zero attached hydrogens (tertiary/aromatic N) is 1. The molecule has 5 heteroatoms. The standard InChI is InChI=1S/C21H29FN2O2/c1-21(20(26)23-18-7-5-3-2-4-6-8-18)14-13-19(25)24(21)15-16-9-11-17(22)12-10-16/h9-12,18H,2-8,13-15H2,1H3,(H,23,26)/t21-/m1/s1. The van der Waals surface area contributed by atoms with Gasteiger partial charge in [0.25, 0.3) is 0 Å². The summed E-state index contributed by atoms with van der Waals surface area (Å²) in [6.07, 6.45) is 9.03. The summed E-state index contributed by atoms with van der Waals surface area (Å²) >= 11 is 0. The lowest BCUT2D eigenvalue weighted by Gasteiger charge is -2.35. The number of nitrogens with one attached hydrogen (secondary N) is 1. The summed E-state index contributed by atoms with van der Waals surface area (Å²) in [6.45, 7) is 2.20. The van der Waals surface area contributed by atoms with Crippen molar-refractivity contribution in [1.29, 1.82) is 0 Å². The summed E-state index contributed by atoms with van der Waals surface area (Å²) in [4.78, 5) is 27.2. The van der Waals surface area contributed by atoms with Gasteiger partial charge in [-0.05, 0) is 43.9 Å². The highest BCUT2D eigenvalue weighted by Crippen LogP contribution is 2.32. The lowest BCUT2D eigenvalue weighted by atomic mass is 9.93. The van der Waals surface area contributed by atoms with Gasteiger partial charge in [0.1, 0.15) is 11.4 Å². The van der Waals surface area contributed by atoms with Crippen LogP contribution in [0.4, 0.5) is 4.39 Å². The summed E-state index contributed by atoms with van der Waals surface area (Å²) < 4.78 is 13.1. The third kappa shape index (κ3) is 4.25. The molecule has 2 amide bonds. The molecule has 1 aromatic rings. The monoisotopic (exact) mass is 360 g/mol. The second-order valence-electron chi connectivity index (χ2n) is 7.90. The van der Waals surface area contributed by atoms with E-state index in [1.54, 1.807) is 17.0 Å². The van der Waals surface area contributed by atoms with Crippen molar-refractivity contribution in [1.82, 2.24) is 10.2 Å². The van der Waals surface area contributed by atoms with Gasteiger partial charge in [-0.1, -0.05) is 44.2 Å². The molecule has 1 atom stereocenters. The second-order valence-corrected chi connectivity index (χ2v) is 7.90. The number of carbonyl (C=O) groups excluding carboxylic acids is 2. The molecule has 142 valence electrons. The molecule has 26 heavy (non-hydrogen) atoms. The van der Waals surface area contributed by atoms with Gasteiger partial charge in [0.15, 0.2) is 0 Å². The highest BCUT2D eigenvalue weighted by Gasteiger charge is 2.47. The van der Waals surface area contributed by atoms with E-state index in [1.807, 2.05) is 6.92 Å². The van der Waals surface area contributed by atoms with Crippen molar-refractivity contribution in [2.75, 3.05) is 0 Å². The number of hydrogen-bond acceptors (Lipinski definition) is 2. The average Bonchev–Trinajstić information content (AvgIpc) is 2.88. The van der Waals surface area contributed by atoms with Crippen molar-refractivity contribution < 1.29 is 14.0 Å². The first-order valence-corrected chi connectivity index (χ1v) is 9.85. The molecule has 1 N–H and O–H groups in total. The van der Waals surface area contributed by atoms with E-state index >= 15 is 0 Å². The first-order valence-electron chi connectivity index (χ1n) is 9.85. The van der Waals surface area contributed by atoms with Crippen LogP contribution < -0.4 is 5.32 Å². The van der Waals surface area contributed by atoms with Crippen LogP contribution in [-0.2, 0) is 16.1 Å². The van der Waals surface area contributed by atoms with Crippen LogP contribution in [0.2, 0.25) is 0 Å². The summed E-state index contributed by atoms with van der Waals surface area (Å²) in [7, 11) is 0. The van der Waals surface area contributed by atoms with Crippen molar-refractivity contribution in [2.24, 2.45) is 0 Å². The molecular weight excluding hydrogens is 331 g/mol. The number of rotatable bonds is 4. The third-order valence-electron chi connectivity index (χ3n) is 5.91. The molecule has 2 fully saturated rings. The van der Waals surface area contributed by atoms with E-state index < -0.39 is 5.54 Å². The Hall–Kier alpha value is -1.91. The molecule has 1 saturated carbocycles. The molecule has 0 aromatic heterocycles. The molecule has 4 nitrogen and oxygen atoms in total. The highest BCUT2D eigenvalue weighted by molar-refractivity contribution is 5.94. The van der Waals surface area contributed by atoms with Crippen molar-refractivity contribution in [3.05, 3.63) is 35.6 Å². The second kappa shape index (κ2) is 8.19. The minimum Gasteiger partial charge on any atom is -0.351 e. The molecule has 1 aromatic carbocycles. The first kappa shape index (κ1) is 18.9. The molecule has 0 spiro atoms. The fraction of sp³-hybridized carbons (Fsp3) is 0.619. The smallest absolute Gasteiger partial charge is 0.245 e. The van der Waals surface area contributed by atoms with Crippen LogP contribution in [0.25, 0.3) is 0 Å². The molecular formula is C21H29FN2O2. The van der Waals surface area contributed by atoms with Crippen LogP contribution in [0.5, 0.6) is 0 Å². The van der Waals surface area contributed by atoms with Crippen LogP contribution in [-0.4, -0.2) is 28.3 Å². The van der Waals surface area contributed by atoms with Crippen LogP contribution in [0.15, 0.2) is 24.3 Å². The lowest BCUT2D eigenvalue weighted by Crippen LogP contribution is -2.56. The van der Waals surface area contributed by atoms with Crippen LogP contribution >= 0.6 is 0 Å². The number of likely N-dealkylation sites (tertiary alicyclic amines) is 1. The number of halogens is 1. The summed E-state index contributed by atoms with van der Waals surface area (Å²) in [5, 5.41) is 3.22. The molecule has 0 unspecified atom stereocenters. The molecule has 1 heterocycles. The van der Waals surface area contributed by atoms with Gasteiger partial charge in [0, 0.05) is 19.0 Å². The molecule has 2 aliphatic rings. The number of benzene rings is 1.